The summed E-state index contributed by atoms with van der Waals surface area (Å²) in [6.45, 7) is 2.04. The highest BCUT2D eigenvalue weighted by atomic mass is 16.5. The molecule has 0 radical (unpaired) electrons. The van der Waals surface area contributed by atoms with E-state index >= 15 is 0 Å². The number of rotatable bonds is 1. The lowest BCUT2D eigenvalue weighted by Gasteiger charge is -2.08. The molecule has 1 aliphatic carbocycles. The number of nitriles is 1. The van der Waals surface area contributed by atoms with Gasteiger partial charge in [0.1, 0.15) is 5.75 Å². The molecule has 2 nitrogen and oxygen atoms in total. The maximum absolute atomic E-state index is 8.95. The van der Waals surface area contributed by atoms with Crippen LogP contribution >= 0.6 is 0 Å². The standard InChI is InChI=1S/C12H13NO/c1-8-5-9-3-4-10(7-13)11(9)6-12(8)14-2/h5-6,10H,3-4H2,1-2H3. The monoisotopic (exact) mass is 187 g/mol. The van der Waals surface area contributed by atoms with Crippen LogP contribution in [0.5, 0.6) is 5.75 Å². The van der Waals surface area contributed by atoms with Crippen LogP contribution in [0.2, 0.25) is 0 Å². The van der Waals surface area contributed by atoms with Crippen molar-refractivity contribution in [2.75, 3.05) is 7.11 Å². The van der Waals surface area contributed by atoms with E-state index in [9.17, 15) is 0 Å². The van der Waals surface area contributed by atoms with Gasteiger partial charge in [0.05, 0.1) is 19.1 Å². The quantitative estimate of drug-likeness (QED) is 0.677. The number of methoxy groups -OCH3 is 1. The van der Waals surface area contributed by atoms with Crippen LogP contribution in [0.25, 0.3) is 0 Å². The average molecular weight is 187 g/mol. The Morgan fingerprint density at radius 2 is 2.29 bits per heavy atom. The summed E-state index contributed by atoms with van der Waals surface area (Å²) >= 11 is 0. The van der Waals surface area contributed by atoms with E-state index in [1.807, 2.05) is 13.0 Å². The summed E-state index contributed by atoms with van der Waals surface area (Å²) in [6.07, 6.45) is 1.98. The predicted octanol–water partition coefficient (Wildman–Crippen LogP) is 2.56. The topological polar surface area (TPSA) is 33.0 Å². The lowest BCUT2D eigenvalue weighted by molar-refractivity contribution is 0.411. The molecule has 0 heterocycles. The number of aryl methyl sites for hydroxylation is 2. The Bertz CT molecular complexity index is 404. The van der Waals surface area contributed by atoms with Crippen molar-refractivity contribution < 1.29 is 4.74 Å². The van der Waals surface area contributed by atoms with Crippen LogP contribution in [0.4, 0.5) is 0 Å². The van der Waals surface area contributed by atoms with Gasteiger partial charge in [-0.3, -0.25) is 0 Å². The van der Waals surface area contributed by atoms with Crippen molar-refractivity contribution >= 4 is 0 Å². The smallest absolute Gasteiger partial charge is 0.122 e. The highest BCUT2D eigenvalue weighted by Gasteiger charge is 2.23. The molecule has 72 valence electrons. The van der Waals surface area contributed by atoms with Crippen LogP contribution in [0.3, 0.4) is 0 Å². The molecule has 1 aliphatic rings. The van der Waals surface area contributed by atoms with Crippen LogP contribution in [-0.4, -0.2) is 7.11 Å². The van der Waals surface area contributed by atoms with E-state index in [1.54, 1.807) is 7.11 Å². The van der Waals surface area contributed by atoms with Gasteiger partial charge in [0.25, 0.3) is 0 Å². The van der Waals surface area contributed by atoms with Crippen LogP contribution in [0.1, 0.15) is 29.0 Å². The first-order chi connectivity index (χ1) is 6.76. The molecular formula is C12H13NO. The molecule has 2 rings (SSSR count). The maximum Gasteiger partial charge on any atom is 0.122 e. The summed E-state index contributed by atoms with van der Waals surface area (Å²) in [7, 11) is 1.67. The Kier molecular flexibility index (Phi) is 2.17. The van der Waals surface area contributed by atoms with E-state index in [1.165, 1.54) is 5.56 Å². The Morgan fingerprint density at radius 3 is 2.93 bits per heavy atom. The van der Waals surface area contributed by atoms with Gasteiger partial charge in [-0.25, -0.2) is 0 Å². The zero-order chi connectivity index (χ0) is 10.1. The normalized spacial score (nSPS) is 18.8. The van der Waals surface area contributed by atoms with E-state index in [4.69, 9.17) is 10.00 Å². The van der Waals surface area contributed by atoms with Gasteiger partial charge >= 0.3 is 0 Å². The molecule has 0 amide bonds. The lowest BCUT2D eigenvalue weighted by Crippen LogP contribution is -1.93. The fourth-order valence-electron chi connectivity index (χ4n) is 2.11. The molecule has 14 heavy (non-hydrogen) atoms. The highest BCUT2D eigenvalue weighted by Crippen LogP contribution is 2.36. The van der Waals surface area contributed by atoms with Crippen LogP contribution in [0, 0.1) is 18.3 Å². The summed E-state index contributed by atoms with van der Waals surface area (Å²) in [5.74, 6) is 0.963. The first-order valence-electron chi connectivity index (χ1n) is 4.83. The molecule has 1 aromatic carbocycles. The highest BCUT2D eigenvalue weighted by molar-refractivity contribution is 5.47. The SMILES string of the molecule is COc1cc2c(cc1C)CCC2C#N. The number of ether oxygens (including phenoxy) is 1. The molecule has 0 spiro atoms. The second-order valence-corrected chi connectivity index (χ2v) is 3.74. The third-order valence-electron chi connectivity index (χ3n) is 2.89. The number of benzene rings is 1. The number of hydrogen-bond donors (Lipinski definition) is 0. The minimum atomic E-state index is 0.0690. The van der Waals surface area contributed by atoms with Crippen molar-refractivity contribution in [1.82, 2.24) is 0 Å². The molecule has 0 aromatic heterocycles. The maximum atomic E-state index is 8.95. The molecule has 1 atom stereocenters. The van der Waals surface area contributed by atoms with Crippen molar-refractivity contribution in [1.29, 1.82) is 5.26 Å². The summed E-state index contributed by atoms with van der Waals surface area (Å²) in [5.41, 5.74) is 3.63. The van der Waals surface area contributed by atoms with Gasteiger partial charge in [-0.1, -0.05) is 6.07 Å². The zero-order valence-electron chi connectivity index (χ0n) is 8.50. The van der Waals surface area contributed by atoms with Gasteiger partial charge in [-0.05, 0) is 42.5 Å². The average Bonchev–Trinajstić information content (AvgIpc) is 2.58. The number of fused-ring (bicyclic) bond motifs is 1. The minimum absolute atomic E-state index is 0.0690. The molecule has 0 bridgehead atoms. The van der Waals surface area contributed by atoms with Gasteiger partial charge in [0.15, 0.2) is 0 Å². The molecule has 0 aliphatic heterocycles. The minimum Gasteiger partial charge on any atom is -0.496 e. The molecule has 0 saturated heterocycles. The molecule has 2 heteroatoms. The Labute approximate surface area is 84.1 Å². The van der Waals surface area contributed by atoms with E-state index in [2.05, 4.69) is 12.1 Å². The molecule has 0 N–H and O–H groups in total. The first kappa shape index (κ1) is 9.08. The lowest BCUT2D eigenvalue weighted by atomic mass is 10.0. The Hall–Kier alpha value is -1.49. The second kappa shape index (κ2) is 3.34. The van der Waals surface area contributed by atoms with E-state index in [-0.39, 0.29) is 5.92 Å². The number of nitrogens with zero attached hydrogens (tertiary/aromatic N) is 1. The molecular weight excluding hydrogens is 174 g/mol. The largest absolute Gasteiger partial charge is 0.496 e. The third-order valence-corrected chi connectivity index (χ3v) is 2.89. The van der Waals surface area contributed by atoms with Crippen LogP contribution < -0.4 is 4.74 Å². The van der Waals surface area contributed by atoms with Crippen molar-refractivity contribution in [3.8, 4) is 11.8 Å². The Morgan fingerprint density at radius 1 is 1.50 bits per heavy atom. The van der Waals surface area contributed by atoms with Crippen molar-refractivity contribution in [3.63, 3.8) is 0 Å². The van der Waals surface area contributed by atoms with E-state index in [0.717, 1.165) is 29.7 Å². The van der Waals surface area contributed by atoms with Gasteiger partial charge in [-0.15, -0.1) is 0 Å². The second-order valence-electron chi connectivity index (χ2n) is 3.74. The van der Waals surface area contributed by atoms with Crippen LogP contribution in [-0.2, 0) is 6.42 Å². The summed E-state index contributed by atoms with van der Waals surface area (Å²) in [6, 6.07) is 6.50. The zero-order valence-corrected chi connectivity index (χ0v) is 8.50. The molecule has 0 saturated carbocycles. The van der Waals surface area contributed by atoms with Crippen molar-refractivity contribution in [3.05, 3.63) is 28.8 Å². The predicted molar refractivity (Wildman–Crippen MR) is 54.4 cm³/mol. The molecule has 1 unspecified atom stereocenters. The van der Waals surface area contributed by atoms with Crippen LogP contribution in [0.15, 0.2) is 12.1 Å². The van der Waals surface area contributed by atoms with Crippen molar-refractivity contribution in [2.24, 2.45) is 0 Å². The van der Waals surface area contributed by atoms with Gasteiger partial charge < -0.3 is 4.74 Å². The van der Waals surface area contributed by atoms with E-state index < -0.39 is 0 Å². The summed E-state index contributed by atoms with van der Waals surface area (Å²) in [5, 5.41) is 8.95. The van der Waals surface area contributed by atoms with Gasteiger partial charge in [0.2, 0.25) is 0 Å². The van der Waals surface area contributed by atoms with Gasteiger partial charge in [-0.2, -0.15) is 5.26 Å². The third kappa shape index (κ3) is 1.26. The molecule has 0 fully saturated rings. The number of hydrogen-bond acceptors (Lipinski definition) is 2. The van der Waals surface area contributed by atoms with Gasteiger partial charge in [0, 0.05) is 0 Å². The summed E-state index contributed by atoms with van der Waals surface area (Å²) in [4.78, 5) is 0. The fraction of sp³-hybridized carbons (Fsp3) is 0.417. The van der Waals surface area contributed by atoms with E-state index in [0.29, 0.717) is 0 Å². The van der Waals surface area contributed by atoms with Crippen molar-refractivity contribution in [2.45, 2.75) is 25.7 Å². The summed E-state index contributed by atoms with van der Waals surface area (Å²) < 4.78 is 5.25. The fourth-order valence-corrected chi connectivity index (χ4v) is 2.11. The Balaban J connectivity index is 2.51. The first-order valence-corrected chi connectivity index (χ1v) is 4.83. The molecule has 1 aromatic rings.